The molecule has 1 aromatic carbocycles. The Kier molecular flexibility index (Phi) is 4.69. The highest BCUT2D eigenvalue weighted by atomic mass is 16.3. The number of aryl methyl sites for hydroxylation is 1. The molecule has 1 saturated carbocycles. The van der Waals surface area contributed by atoms with Gasteiger partial charge in [0.25, 0.3) is 0 Å². The smallest absolute Gasteiger partial charge is 0.202 e. The Morgan fingerprint density at radius 2 is 1.94 bits per heavy atom. The van der Waals surface area contributed by atoms with Gasteiger partial charge in [-0.1, -0.05) is 6.07 Å². The van der Waals surface area contributed by atoms with Crippen LogP contribution >= 0.6 is 0 Å². The summed E-state index contributed by atoms with van der Waals surface area (Å²) in [5.74, 6) is 1.23. The van der Waals surface area contributed by atoms with Crippen molar-refractivity contribution >= 4 is 11.0 Å². The summed E-state index contributed by atoms with van der Waals surface area (Å²) in [4.78, 5) is 22.8. The zero-order valence-corrected chi connectivity index (χ0v) is 19.3. The van der Waals surface area contributed by atoms with Crippen molar-refractivity contribution in [3.63, 3.8) is 0 Å². The van der Waals surface area contributed by atoms with Crippen LogP contribution in [0.25, 0.3) is 39.4 Å². The number of imidazole rings is 1. The highest BCUT2D eigenvalue weighted by Gasteiger charge is 2.26. The number of nitrogens with zero attached hydrogens (tertiary/aromatic N) is 6. The normalized spacial score (nSPS) is 13.8. The molecule has 0 N–H and O–H groups in total. The van der Waals surface area contributed by atoms with Gasteiger partial charge >= 0.3 is 0 Å². The van der Waals surface area contributed by atoms with E-state index in [1.807, 2.05) is 52.7 Å². The van der Waals surface area contributed by atoms with Crippen molar-refractivity contribution in [3.05, 3.63) is 76.9 Å². The van der Waals surface area contributed by atoms with Crippen molar-refractivity contribution in [2.24, 2.45) is 0 Å². The third kappa shape index (κ3) is 3.42. The molecule has 5 aromatic rings. The van der Waals surface area contributed by atoms with Crippen molar-refractivity contribution < 1.29 is 4.42 Å². The van der Waals surface area contributed by atoms with Gasteiger partial charge < -0.3 is 13.6 Å². The lowest BCUT2D eigenvalue weighted by Gasteiger charge is -2.11. The van der Waals surface area contributed by atoms with Crippen molar-refractivity contribution in [3.8, 4) is 28.5 Å². The van der Waals surface area contributed by atoms with E-state index in [2.05, 4.69) is 35.2 Å². The fraction of sp³-hybridized carbons (Fsp3) is 0.269. The van der Waals surface area contributed by atoms with Gasteiger partial charge in [-0.3, -0.25) is 4.79 Å². The van der Waals surface area contributed by atoms with E-state index < -0.39 is 0 Å². The molecule has 4 aromatic heterocycles. The predicted octanol–water partition coefficient (Wildman–Crippen LogP) is 5.07. The Bertz CT molecular complexity index is 1590. The van der Waals surface area contributed by atoms with Gasteiger partial charge in [0.05, 0.1) is 34.4 Å². The Labute approximate surface area is 195 Å². The molecular weight excluding hydrogens is 428 g/mol. The number of benzene rings is 1. The predicted molar refractivity (Wildman–Crippen MR) is 129 cm³/mol. The highest BCUT2D eigenvalue weighted by Crippen LogP contribution is 2.39. The summed E-state index contributed by atoms with van der Waals surface area (Å²) in [6.45, 7) is 6.12. The molecule has 0 spiro atoms. The zero-order chi connectivity index (χ0) is 23.4. The second-order valence-electron chi connectivity index (χ2n) is 9.16. The summed E-state index contributed by atoms with van der Waals surface area (Å²) in [5, 5.41) is 8.77. The largest absolute Gasteiger partial charge is 0.463 e. The Morgan fingerprint density at radius 1 is 1.12 bits per heavy atom. The maximum absolute atomic E-state index is 13.6. The van der Waals surface area contributed by atoms with E-state index in [0.29, 0.717) is 39.7 Å². The van der Waals surface area contributed by atoms with E-state index >= 15 is 0 Å². The fourth-order valence-electron chi connectivity index (χ4n) is 4.29. The third-order valence-corrected chi connectivity index (χ3v) is 6.35. The maximum Gasteiger partial charge on any atom is 0.202 e. The average Bonchev–Trinajstić information content (AvgIpc) is 3.35. The molecule has 0 amide bonds. The molecule has 170 valence electrons. The number of hydrogen-bond acceptors (Lipinski definition) is 6. The van der Waals surface area contributed by atoms with E-state index in [-0.39, 0.29) is 11.5 Å². The molecule has 8 nitrogen and oxygen atoms in total. The van der Waals surface area contributed by atoms with Crippen LogP contribution in [0.5, 0.6) is 0 Å². The molecule has 0 bridgehead atoms. The van der Waals surface area contributed by atoms with Gasteiger partial charge in [-0.25, -0.2) is 9.97 Å². The summed E-state index contributed by atoms with van der Waals surface area (Å²) in [7, 11) is 0. The molecule has 0 radical (unpaired) electrons. The van der Waals surface area contributed by atoms with Gasteiger partial charge in [0.2, 0.25) is 5.43 Å². The number of fused-ring (bicyclic) bond motifs is 1. The molecule has 1 fully saturated rings. The van der Waals surface area contributed by atoms with Crippen molar-refractivity contribution in [2.45, 2.75) is 45.6 Å². The van der Waals surface area contributed by atoms with E-state index in [1.54, 1.807) is 6.33 Å². The second-order valence-corrected chi connectivity index (χ2v) is 9.16. The van der Waals surface area contributed by atoms with Crippen LogP contribution in [0.2, 0.25) is 0 Å². The molecule has 8 heteroatoms. The van der Waals surface area contributed by atoms with Crippen LogP contribution in [0.1, 0.15) is 49.9 Å². The number of hydrogen-bond donors (Lipinski definition) is 0. The van der Waals surface area contributed by atoms with E-state index in [4.69, 9.17) is 9.40 Å². The van der Waals surface area contributed by atoms with Crippen LogP contribution in [-0.4, -0.2) is 29.3 Å². The first-order chi connectivity index (χ1) is 16.5. The van der Waals surface area contributed by atoms with Gasteiger partial charge in [-0.15, -0.1) is 10.2 Å². The molecule has 34 heavy (non-hydrogen) atoms. The van der Waals surface area contributed by atoms with Crippen LogP contribution in [0.4, 0.5) is 0 Å². The minimum Gasteiger partial charge on any atom is -0.463 e. The average molecular weight is 453 g/mol. The first kappa shape index (κ1) is 20.5. The maximum atomic E-state index is 13.6. The first-order valence-electron chi connectivity index (χ1n) is 11.5. The van der Waals surface area contributed by atoms with Crippen molar-refractivity contribution in [1.82, 2.24) is 29.3 Å². The summed E-state index contributed by atoms with van der Waals surface area (Å²) < 4.78 is 9.84. The van der Waals surface area contributed by atoms with Crippen LogP contribution in [0.15, 0.2) is 64.7 Å². The van der Waals surface area contributed by atoms with Crippen LogP contribution in [0.3, 0.4) is 0 Å². The first-order valence-corrected chi connectivity index (χ1v) is 11.5. The van der Waals surface area contributed by atoms with E-state index in [9.17, 15) is 4.79 Å². The molecular formula is C26H24N6O2. The minimum atomic E-state index is -0.125. The monoisotopic (exact) mass is 452 g/mol. The van der Waals surface area contributed by atoms with Gasteiger partial charge in [0.1, 0.15) is 23.9 Å². The van der Waals surface area contributed by atoms with Gasteiger partial charge in [-0.05, 0) is 63.4 Å². The Balaban J connectivity index is 1.45. The second kappa shape index (κ2) is 7.76. The summed E-state index contributed by atoms with van der Waals surface area (Å²) in [5.41, 5.74) is 5.05. The molecule has 0 atom stereocenters. The van der Waals surface area contributed by atoms with Crippen LogP contribution in [0, 0.1) is 6.92 Å². The van der Waals surface area contributed by atoms with E-state index in [1.165, 1.54) is 19.1 Å². The standard InChI is InChI=1S/C26H24N6O2/c1-15(2)32-14-28-30-26(32)21-6-4-5-20(29-21)19-12-34-24-9-16(3)23(10-18(24)25(19)33)31-11-22(27-13-31)17-7-8-17/h4-6,9-15,17H,7-8H2,1-3H3. The SMILES string of the molecule is Cc1cc2occ(-c3cccc(-c4nncn4C(C)C)n3)c(=O)c2cc1-n1cnc(C2CC2)c1. The number of pyridine rings is 1. The summed E-state index contributed by atoms with van der Waals surface area (Å²) in [6.07, 6.45) is 9.45. The molecule has 1 aliphatic rings. The van der Waals surface area contributed by atoms with Crippen LogP contribution < -0.4 is 5.43 Å². The molecule has 0 aliphatic heterocycles. The quantitative estimate of drug-likeness (QED) is 0.370. The van der Waals surface area contributed by atoms with Crippen LogP contribution in [-0.2, 0) is 0 Å². The van der Waals surface area contributed by atoms with Gasteiger partial charge in [-0.2, -0.15) is 0 Å². The summed E-state index contributed by atoms with van der Waals surface area (Å²) in [6, 6.07) is 9.52. The topological polar surface area (TPSA) is 91.6 Å². The molecule has 1 aliphatic carbocycles. The lowest BCUT2D eigenvalue weighted by Crippen LogP contribution is -2.08. The molecule has 0 saturated heterocycles. The number of rotatable bonds is 5. The zero-order valence-electron chi connectivity index (χ0n) is 19.3. The fourth-order valence-corrected chi connectivity index (χ4v) is 4.29. The Hall–Kier alpha value is -4.07. The molecule has 4 heterocycles. The summed E-state index contributed by atoms with van der Waals surface area (Å²) >= 11 is 0. The third-order valence-electron chi connectivity index (χ3n) is 6.35. The lowest BCUT2D eigenvalue weighted by molar-refractivity contribution is 0.602. The van der Waals surface area contributed by atoms with Crippen molar-refractivity contribution in [1.29, 1.82) is 0 Å². The highest BCUT2D eigenvalue weighted by molar-refractivity contribution is 5.84. The Morgan fingerprint density at radius 3 is 2.74 bits per heavy atom. The van der Waals surface area contributed by atoms with Gasteiger partial charge in [0.15, 0.2) is 5.82 Å². The molecule has 0 unspecified atom stereocenters. The van der Waals surface area contributed by atoms with E-state index in [0.717, 1.165) is 16.9 Å². The van der Waals surface area contributed by atoms with Gasteiger partial charge in [0, 0.05) is 18.2 Å². The number of aromatic nitrogens is 6. The lowest BCUT2D eigenvalue weighted by atomic mass is 10.1. The minimum absolute atomic E-state index is 0.125. The van der Waals surface area contributed by atoms with Crippen molar-refractivity contribution in [2.75, 3.05) is 0 Å². The molecule has 6 rings (SSSR count).